The van der Waals surface area contributed by atoms with Gasteiger partial charge in [0.1, 0.15) is 5.52 Å². The van der Waals surface area contributed by atoms with Crippen LogP contribution in [0.1, 0.15) is 42.9 Å². The molecule has 2 N–H and O–H groups in total. The number of halogens is 3. The number of carbonyl (C=O) groups is 1. The maximum atomic E-state index is 13.5. The van der Waals surface area contributed by atoms with Crippen LogP contribution in [0.4, 0.5) is 13.2 Å². The van der Waals surface area contributed by atoms with E-state index in [2.05, 4.69) is 26.8 Å². The zero-order chi connectivity index (χ0) is 19.2. The summed E-state index contributed by atoms with van der Waals surface area (Å²) in [4.78, 5) is 25.4. The van der Waals surface area contributed by atoms with E-state index in [0.29, 0.717) is 35.7 Å². The Labute approximate surface area is 153 Å². The number of H-pyrrole nitrogens is 1. The summed E-state index contributed by atoms with van der Waals surface area (Å²) in [6.45, 7) is 4.43. The van der Waals surface area contributed by atoms with Gasteiger partial charge in [-0.1, -0.05) is 6.58 Å². The van der Waals surface area contributed by atoms with E-state index in [-0.39, 0.29) is 5.70 Å². The normalized spacial score (nSPS) is 18.7. The number of carbonyl (C=O) groups excluding carboxylic acids is 1. The Balaban J connectivity index is 1.60. The minimum absolute atomic E-state index is 0.00151. The summed E-state index contributed by atoms with van der Waals surface area (Å²) < 4.78 is 40.6. The quantitative estimate of drug-likeness (QED) is 0.838. The molecule has 0 aromatic carbocycles. The van der Waals surface area contributed by atoms with Gasteiger partial charge in [0.05, 0.1) is 11.9 Å². The van der Waals surface area contributed by atoms with Crippen molar-refractivity contribution >= 4 is 22.8 Å². The van der Waals surface area contributed by atoms with Crippen molar-refractivity contribution in [3.8, 4) is 0 Å². The van der Waals surface area contributed by atoms with Crippen molar-refractivity contribution in [2.24, 2.45) is 0 Å². The second-order valence-corrected chi connectivity index (χ2v) is 7.10. The minimum Gasteiger partial charge on any atom is -0.366 e. The largest absolute Gasteiger partial charge is 0.417 e. The lowest BCUT2D eigenvalue weighted by Crippen LogP contribution is -2.53. The minimum atomic E-state index is -4.72. The second-order valence-electron chi connectivity index (χ2n) is 7.10. The molecule has 4 rings (SSSR count). The maximum Gasteiger partial charge on any atom is 0.417 e. The monoisotopic (exact) mass is 379 g/mol. The molecule has 2 aromatic heterocycles. The number of fused-ring (bicyclic) bond motifs is 1. The molecule has 2 aromatic rings. The Morgan fingerprint density at radius 3 is 2.67 bits per heavy atom. The number of nitrogens with one attached hydrogen (secondary N) is 2. The van der Waals surface area contributed by atoms with Crippen LogP contribution < -0.4 is 5.32 Å². The Bertz CT molecular complexity index is 881. The first-order valence-corrected chi connectivity index (χ1v) is 9.00. The van der Waals surface area contributed by atoms with Gasteiger partial charge in [-0.3, -0.25) is 4.79 Å². The number of nitrogens with zero attached hydrogens (tertiary/aromatic N) is 3. The highest BCUT2D eigenvalue weighted by Gasteiger charge is 2.47. The standard InChI is InChI=1S/C18H20F3N5O/c1-10(24-15(18(19,20)21)17(27)26-6-2-3-7-26)12-8-22-16-14(12)25-13(9-23-16)11-4-5-11/h8-9,11,15,24H,1-7H2,(H,22,23). The predicted molar refractivity (Wildman–Crippen MR) is 93.7 cm³/mol. The number of aromatic nitrogens is 3. The summed E-state index contributed by atoms with van der Waals surface area (Å²) in [6, 6.07) is -2.33. The topological polar surface area (TPSA) is 73.9 Å². The highest BCUT2D eigenvalue weighted by atomic mass is 19.4. The molecule has 3 heterocycles. The molecule has 2 fully saturated rings. The first kappa shape index (κ1) is 17.8. The predicted octanol–water partition coefficient (Wildman–Crippen LogP) is 2.95. The van der Waals surface area contributed by atoms with Gasteiger partial charge in [-0.15, -0.1) is 0 Å². The Morgan fingerprint density at radius 1 is 1.33 bits per heavy atom. The third kappa shape index (κ3) is 3.50. The SMILES string of the molecule is C=C(NC(C(=O)N1CCCC1)C(F)(F)F)c1c[nH]c2ncc(C3CC3)nc12. The Hall–Kier alpha value is -2.58. The molecule has 0 bridgehead atoms. The van der Waals surface area contributed by atoms with Crippen LogP contribution in [0.5, 0.6) is 0 Å². The molecule has 1 amide bonds. The fourth-order valence-electron chi connectivity index (χ4n) is 3.37. The van der Waals surface area contributed by atoms with Crippen LogP contribution in [0.15, 0.2) is 19.0 Å². The van der Waals surface area contributed by atoms with Crippen molar-refractivity contribution < 1.29 is 18.0 Å². The average molecular weight is 379 g/mol. The van der Waals surface area contributed by atoms with E-state index < -0.39 is 18.1 Å². The fourth-order valence-corrected chi connectivity index (χ4v) is 3.37. The van der Waals surface area contributed by atoms with E-state index in [1.165, 1.54) is 11.1 Å². The first-order chi connectivity index (χ1) is 12.8. The Morgan fingerprint density at radius 2 is 2.04 bits per heavy atom. The highest BCUT2D eigenvalue weighted by molar-refractivity contribution is 5.89. The zero-order valence-corrected chi connectivity index (χ0v) is 14.6. The van der Waals surface area contributed by atoms with Gasteiger partial charge in [0.25, 0.3) is 5.91 Å². The third-order valence-electron chi connectivity index (χ3n) is 5.03. The maximum absolute atomic E-state index is 13.5. The number of rotatable bonds is 5. The molecule has 144 valence electrons. The lowest BCUT2D eigenvalue weighted by atomic mass is 10.1. The van der Waals surface area contributed by atoms with Crippen LogP contribution in [-0.2, 0) is 4.79 Å². The van der Waals surface area contributed by atoms with Gasteiger partial charge in [0.2, 0.25) is 6.04 Å². The van der Waals surface area contributed by atoms with Crippen molar-refractivity contribution in [1.82, 2.24) is 25.2 Å². The number of likely N-dealkylation sites (tertiary alicyclic amines) is 1. The molecule has 1 aliphatic heterocycles. The van der Waals surface area contributed by atoms with Gasteiger partial charge in [-0.25, -0.2) is 9.97 Å². The van der Waals surface area contributed by atoms with Crippen LogP contribution >= 0.6 is 0 Å². The van der Waals surface area contributed by atoms with Crippen LogP contribution in [0.25, 0.3) is 16.9 Å². The number of aromatic amines is 1. The summed E-state index contributed by atoms with van der Waals surface area (Å²) in [6.07, 6.45) is 2.01. The van der Waals surface area contributed by atoms with Gasteiger partial charge in [-0.2, -0.15) is 13.2 Å². The summed E-state index contributed by atoms with van der Waals surface area (Å²) in [5.74, 6) is -0.601. The fraction of sp³-hybridized carbons (Fsp3) is 0.500. The number of alkyl halides is 3. The number of amides is 1. The molecule has 1 unspecified atom stereocenters. The van der Waals surface area contributed by atoms with Crippen molar-refractivity contribution in [1.29, 1.82) is 0 Å². The van der Waals surface area contributed by atoms with Crippen LogP contribution in [0.2, 0.25) is 0 Å². The zero-order valence-electron chi connectivity index (χ0n) is 14.6. The lowest BCUT2D eigenvalue weighted by molar-refractivity contribution is -0.172. The smallest absolute Gasteiger partial charge is 0.366 e. The molecule has 1 saturated carbocycles. The molecule has 1 aliphatic carbocycles. The van der Waals surface area contributed by atoms with Crippen LogP contribution in [-0.4, -0.2) is 51.1 Å². The number of hydrogen-bond acceptors (Lipinski definition) is 4. The van der Waals surface area contributed by atoms with Crippen molar-refractivity contribution in [2.75, 3.05) is 13.1 Å². The summed E-state index contributed by atoms with van der Waals surface area (Å²) in [5, 5.41) is 2.29. The second kappa shape index (κ2) is 6.54. The molecule has 6 nitrogen and oxygen atoms in total. The van der Waals surface area contributed by atoms with Crippen molar-refractivity contribution in [2.45, 2.75) is 43.8 Å². The van der Waals surface area contributed by atoms with Crippen molar-refractivity contribution in [3.63, 3.8) is 0 Å². The lowest BCUT2D eigenvalue weighted by Gasteiger charge is -2.27. The van der Waals surface area contributed by atoms with E-state index >= 15 is 0 Å². The molecule has 0 spiro atoms. The van der Waals surface area contributed by atoms with E-state index in [1.807, 2.05) is 0 Å². The molecule has 0 radical (unpaired) electrons. The van der Waals surface area contributed by atoms with E-state index in [1.54, 1.807) is 6.20 Å². The third-order valence-corrected chi connectivity index (χ3v) is 5.03. The molecular weight excluding hydrogens is 359 g/mol. The van der Waals surface area contributed by atoms with E-state index in [9.17, 15) is 18.0 Å². The van der Waals surface area contributed by atoms with Gasteiger partial charge in [0.15, 0.2) is 5.65 Å². The molecule has 1 saturated heterocycles. The summed E-state index contributed by atoms with van der Waals surface area (Å²) in [7, 11) is 0. The molecular formula is C18H20F3N5O. The highest BCUT2D eigenvalue weighted by Crippen LogP contribution is 2.39. The molecule has 9 heteroatoms. The van der Waals surface area contributed by atoms with E-state index in [0.717, 1.165) is 31.4 Å². The first-order valence-electron chi connectivity index (χ1n) is 9.00. The molecule has 1 atom stereocenters. The molecule has 2 aliphatic rings. The van der Waals surface area contributed by atoms with E-state index in [4.69, 9.17) is 0 Å². The summed E-state index contributed by atoms with van der Waals surface area (Å²) in [5.41, 5.74) is 2.16. The van der Waals surface area contributed by atoms with Gasteiger partial charge < -0.3 is 15.2 Å². The van der Waals surface area contributed by atoms with Crippen LogP contribution in [0.3, 0.4) is 0 Å². The van der Waals surface area contributed by atoms with Gasteiger partial charge >= 0.3 is 6.18 Å². The van der Waals surface area contributed by atoms with Gasteiger partial charge in [0, 0.05) is 36.5 Å². The Kier molecular flexibility index (Phi) is 4.32. The average Bonchev–Trinajstić information content (AvgIpc) is 3.16. The van der Waals surface area contributed by atoms with Gasteiger partial charge in [-0.05, 0) is 25.7 Å². The van der Waals surface area contributed by atoms with Crippen LogP contribution in [0, 0.1) is 0 Å². The molecule has 27 heavy (non-hydrogen) atoms. The summed E-state index contributed by atoms with van der Waals surface area (Å²) >= 11 is 0. The number of hydrogen-bond donors (Lipinski definition) is 2. The van der Waals surface area contributed by atoms with Crippen molar-refractivity contribution in [3.05, 3.63) is 30.2 Å².